The van der Waals surface area contributed by atoms with Crippen molar-refractivity contribution in [2.75, 3.05) is 5.32 Å². The van der Waals surface area contributed by atoms with Crippen molar-refractivity contribution in [3.8, 4) is 0 Å². The van der Waals surface area contributed by atoms with Gasteiger partial charge in [0.2, 0.25) is 0 Å². The third-order valence-electron chi connectivity index (χ3n) is 1.96. The van der Waals surface area contributed by atoms with Crippen LogP contribution in [-0.4, -0.2) is 26.5 Å². The summed E-state index contributed by atoms with van der Waals surface area (Å²) in [6.07, 6.45) is 2.87. The molecule has 0 fully saturated rings. The second kappa shape index (κ2) is 5.61. The van der Waals surface area contributed by atoms with Crippen LogP contribution in [-0.2, 0) is 4.79 Å². The molecule has 0 aliphatic carbocycles. The molecule has 1 heterocycles. The van der Waals surface area contributed by atoms with Crippen molar-refractivity contribution >= 4 is 41.1 Å². The standard InChI is InChI=1S/C10H7Cl2N5O/c11-7-3-1-6(8(12)5-7)2-4-9(18)13-10-14-16-17-15-10/h1-5H,(H2,13,14,15,16,17,18). The molecule has 1 amide bonds. The minimum Gasteiger partial charge on any atom is -0.288 e. The molecule has 1 aromatic heterocycles. The van der Waals surface area contributed by atoms with Crippen molar-refractivity contribution in [2.45, 2.75) is 0 Å². The molecule has 6 nitrogen and oxygen atoms in total. The number of H-pyrrole nitrogens is 1. The Hall–Kier alpha value is -1.92. The van der Waals surface area contributed by atoms with Crippen molar-refractivity contribution in [3.63, 3.8) is 0 Å². The van der Waals surface area contributed by atoms with E-state index >= 15 is 0 Å². The number of anilines is 1. The molecule has 0 radical (unpaired) electrons. The minimum absolute atomic E-state index is 0.104. The molecule has 2 rings (SSSR count). The fourth-order valence-corrected chi connectivity index (χ4v) is 1.64. The van der Waals surface area contributed by atoms with Gasteiger partial charge in [-0.15, -0.1) is 5.10 Å². The molecule has 0 aliphatic heterocycles. The summed E-state index contributed by atoms with van der Waals surface area (Å²) in [5.41, 5.74) is 0.685. The van der Waals surface area contributed by atoms with Gasteiger partial charge in [-0.3, -0.25) is 10.1 Å². The molecular formula is C10H7Cl2N5O. The number of aromatic nitrogens is 4. The number of hydrogen-bond acceptors (Lipinski definition) is 4. The zero-order valence-corrected chi connectivity index (χ0v) is 10.4. The van der Waals surface area contributed by atoms with Crippen LogP contribution in [0.4, 0.5) is 5.95 Å². The molecule has 0 spiro atoms. The molecule has 0 atom stereocenters. The van der Waals surface area contributed by atoms with Crippen LogP contribution in [0.5, 0.6) is 0 Å². The van der Waals surface area contributed by atoms with Gasteiger partial charge in [-0.25, -0.2) is 0 Å². The molecular weight excluding hydrogens is 277 g/mol. The Morgan fingerprint density at radius 2 is 2.22 bits per heavy atom. The molecule has 8 heteroatoms. The van der Waals surface area contributed by atoms with E-state index in [0.717, 1.165) is 0 Å². The van der Waals surface area contributed by atoms with Gasteiger partial charge in [-0.05, 0) is 29.0 Å². The van der Waals surface area contributed by atoms with Gasteiger partial charge in [-0.1, -0.05) is 34.4 Å². The van der Waals surface area contributed by atoms with Gasteiger partial charge in [0.25, 0.3) is 11.9 Å². The third kappa shape index (κ3) is 3.28. The Morgan fingerprint density at radius 1 is 1.39 bits per heavy atom. The number of carbonyl (C=O) groups excluding carboxylic acids is 1. The molecule has 92 valence electrons. The van der Waals surface area contributed by atoms with Gasteiger partial charge in [0.1, 0.15) is 0 Å². The first kappa shape index (κ1) is 12.5. The lowest BCUT2D eigenvalue weighted by molar-refractivity contribution is -0.111. The number of rotatable bonds is 3. The van der Waals surface area contributed by atoms with Crippen molar-refractivity contribution in [1.82, 2.24) is 20.6 Å². The van der Waals surface area contributed by atoms with Gasteiger partial charge in [0.05, 0.1) is 0 Å². The maximum Gasteiger partial charge on any atom is 0.270 e. The Morgan fingerprint density at radius 3 is 2.89 bits per heavy atom. The summed E-state index contributed by atoms with van der Waals surface area (Å²) >= 11 is 11.7. The number of aromatic amines is 1. The highest BCUT2D eigenvalue weighted by Gasteiger charge is 2.02. The molecule has 2 N–H and O–H groups in total. The number of amides is 1. The van der Waals surface area contributed by atoms with Crippen LogP contribution < -0.4 is 5.32 Å². The number of carbonyl (C=O) groups is 1. The molecule has 2 aromatic rings. The monoisotopic (exact) mass is 283 g/mol. The molecule has 0 bridgehead atoms. The molecule has 0 saturated carbocycles. The molecule has 0 saturated heterocycles. The Bertz CT molecular complexity index is 582. The van der Waals surface area contributed by atoms with Crippen molar-refractivity contribution in [3.05, 3.63) is 39.9 Å². The van der Waals surface area contributed by atoms with Gasteiger partial charge >= 0.3 is 0 Å². The zero-order valence-electron chi connectivity index (χ0n) is 8.89. The number of nitrogens with one attached hydrogen (secondary N) is 2. The zero-order chi connectivity index (χ0) is 13.0. The highest BCUT2D eigenvalue weighted by molar-refractivity contribution is 6.35. The first-order chi connectivity index (χ1) is 8.65. The van der Waals surface area contributed by atoms with E-state index in [1.165, 1.54) is 6.08 Å². The Balaban J connectivity index is 2.04. The highest BCUT2D eigenvalue weighted by Crippen LogP contribution is 2.21. The SMILES string of the molecule is O=C(C=Cc1ccc(Cl)cc1Cl)Nc1nn[nH]n1. The van der Waals surface area contributed by atoms with E-state index in [1.807, 2.05) is 0 Å². The summed E-state index contributed by atoms with van der Waals surface area (Å²) in [5, 5.41) is 16.1. The maximum atomic E-state index is 11.5. The summed E-state index contributed by atoms with van der Waals surface area (Å²) in [7, 11) is 0. The predicted molar refractivity (Wildman–Crippen MR) is 68.3 cm³/mol. The summed E-state index contributed by atoms with van der Waals surface area (Å²) in [6.45, 7) is 0. The predicted octanol–water partition coefficient (Wildman–Crippen LogP) is 2.16. The van der Waals surface area contributed by atoms with Crippen LogP contribution in [0.25, 0.3) is 6.08 Å². The molecule has 0 unspecified atom stereocenters. The lowest BCUT2D eigenvalue weighted by Crippen LogP contribution is -2.09. The van der Waals surface area contributed by atoms with E-state index in [-0.39, 0.29) is 11.9 Å². The average molecular weight is 284 g/mol. The fourth-order valence-electron chi connectivity index (χ4n) is 1.17. The maximum absolute atomic E-state index is 11.5. The van der Waals surface area contributed by atoms with Crippen LogP contribution >= 0.6 is 23.2 Å². The summed E-state index contributed by atoms with van der Waals surface area (Å²) in [6, 6.07) is 4.99. The van der Waals surface area contributed by atoms with Gasteiger partial charge in [-0.2, -0.15) is 5.21 Å². The quantitative estimate of drug-likeness (QED) is 0.846. The van der Waals surface area contributed by atoms with Gasteiger partial charge in [0.15, 0.2) is 0 Å². The van der Waals surface area contributed by atoms with Crippen LogP contribution in [0.3, 0.4) is 0 Å². The van der Waals surface area contributed by atoms with E-state index in [0.29, 0.717) is 15.6 Å². The van der Waals surface area contributed by atoms with E-state index in [4.69, 9.17) is 23.2 Å². The van der Waals surface area contributed by atoms with E-state index in [2.05, 4.69) is 25.9 Å². The Labute approximate surface area is 112 Å². The second-order valence-corrected chi connectivity index (χ2v) is 4.07. The fraction of sp³-hybridized carbons (Fsp3) is 0. The minimum atomic E-state index is -0.387. The van der Waals surface area contributed by atoms with Crippen LogP contribution in [0.15, 0.2) is 24.3 Å². The third-order valence-corrected chi connectivity index (χ3v) is 2.52. The second-order valence-electron chi connectivity index (χ2n) is 3.22. The number of nitrogens with zero attached hydrogens (tertiary/aromatic N) is 3. The van der Waals surface area contributed by atoms with Gasteiger partial charge in [0, 0.05) is 16.1 Å². The molecule has 0 aliphatic rings. The topological polar surface area (TPSA) is 83.6 Å². The lowest BCUT2D eigenvalue weighted by Gasteiger charge is -1.98. The number of halogens is 2. The van der Waals surface area contributed by atoms with Crippen molar-refractivity contribution < 1.29 is 4.79 Å². The number of hydrogen-bond donors (Lipinski definition) is 2. The number of tetrazole rings is 1. The normalized spacial score (nSPS) is 10.8. The van der Waals surface area contributed by atoms with E-state index in [1.54, 1.807) is 24.3 Å². The largest absolute Gasteiger partial charge is 0.288 e. The van der Waals surface area contributed by atoms with Gasteiger partial charge < -0.3 is 0 Å². The van der Waals surface area contributed by atoms with Crippen LogP contribution in [0.2, 0.25) is 10.0 Å². The molecule has 18 heavy (non-hydrogen) atoms. The summed E-state index contributed by atoms with van der Waals surface area (Å²) in [4.78, 5) is 11.5. The van der Waals surface area contributed by atoms with Crippen molar-refractivity contribution in [2.24, 2.45) is 0 Å². The lowest BCUT2D eigenvalue weighted by atomic mass is 10.2. The Kier molecular flexibility index (Phi) is 3.91. The van der Waals surface area contributed by atoms with E-state index in [9.17, 15) is 4.79 Å². The van der Waals surface area contributed by atoms with Crippen LogP contribution in [0.1, 0.15) is 5.56 Å². The summed E-state index contributed by atoms with van der Waals surface area (Å²) in [5.74, 6) is -0.283. The number of benzene rings is 1. The first-order valence-electron chi connectivity index (χ1n) is 4.83. The smallest absolute Gasteiger partial charge is 0.270 e. The van der Waals surface area contributed by atoms with E-state index < -0.39 is 0 Å². The molecule has 1 aromatic carbocycles. The van der Waals surface area contributed by atoms with Crippen molar-refractivity contribution in [1.29, 1.82) is 0 Å². The highest BCUT2D eigenvalue weighted by atomic mass is 35.5. The summed E-state index contributed by atoms with van der Waals surface area (Å²) < 4.78 is 0. The van der Waals surface area contributed by atoms with Crippen LogP contribution in [0, 0.1) is 0 Å². The first-order valence-corrected chi connectivity index (χ1v) is 5.58. The average Bonchev–Trinajstić information content (AvgIpc) is 2.80.